The van der Waals surface area contributed by atoms with Crippen LogP contribution in [-0.4, -0.2) is 32.4 Å². The van der Waals surface area contributed by atoms with Gasteiger partial charge in [-0.05, 0) is 6.26 Å². The van der Waals surface area contributed by atoms with E-state index >= 15 is 0 Å². The van der Waals surface area contributed by atoms with E-state index in [0.29, 0.717) is 4.58 Å². The molecule has 1 rings (SSSR count). The van der Waals surface area contributed by atoms with Gasteiger partial charge in [-0.1, -0.05) is 0 Å². The molecule has 1 fully saturated rings. The van der Waals surface area contributed by atoms with Gasteiger partial charge in [0.15, 0.2) is 0 Å². The Hall–Kier alpha value is 1.63. The van der Waals surface area contributed by atoms with Crippen LogP contribution in [0.3, 0.4) is 0 Å². The monoisotopic (exact) mass is 248 g/mol. The van der Waals surface area contributed by atoms with Gasteiger partial charge in [0.1, 0.15) is 0 Å². The third kappa shape index (κ3) is 3.11. The van der Waals surface area contributed by atoms with E-state index in [1.54, 1.807) is 11.8 Å². The number of thioether (sulfide) groups is 3. The number of rotatable bonds is 3. The second-order valence-corrected chi connectivity index (χ2v) is 7.15. The smallest absolute Gasteiger partial charge is 0.0968 e. The van der Waals surface area contributed by atoms with Gasteiger partial charge < -0.3 is 0 Å². The van der Waals surface area contributed by atoms with Crippen molar-refractivity contribution in [2.24, 2.45) is 0 Å². The van der Waals surface area contributed by atoms with E-state index in [1.807, 2.05) is 29.8 Å². The number of hydrogen-bond acceptors (Lipinski definition) is 3. The predicted octanol–water partition coefficient (Wildman–Crippen LogP) is 3.33. The average molecular weight is 249 g/mol. The van der Waals surface area contributed by atoms with Crippen molar-refractivity contribution < 1.29 is 0 Å². The van der Waals surface area contributed by atoms with Gasteiger partial charge in [0, 0.05) is 11.5 Å². The summed E-state index contributed by atoms with van der Waals surface area (Å²) >= 11 is 17.6. The van der Waals surface area contributed by atoms with E-state index in [-0.39, 0.29) is 10.1 Å². The molecule has 0 radical (unpaired) electrons. The van der Waals surface area contributed by atoms with Gasteiger partial charge in [0.2, 0.25) is 0 Å². The zero-order valence-corrected chi connectivity index (χ0v) is 10.1. The molecule has 0 nitrogen and oxygen atoms in total. The fourth-order valence-corrected chi connectivity index (χ4v) is 5.37. The third-order valence-electron chi connectivity index (χ3n) is 1.38. The van der Waals surface area contributed by atoms with Gasteiger partial charge in [-0.25, -0.2) is 0 Å². The molecule has 2 unspecified atom stereocenters. The van der Waals surface area contributed by atoms with E-state index in [0.717, 1.165) is 0 Å². The first kappa shape index (κ1) is 10.7. The van der Waals surface area contributed by atoms with Gasteiger partial charge >= 0.3 is 0 Å². The predicted molar refractivity (Wildman–Crippen MR) is 61.5 cm³/mol. The minimum Gasteiger partial charge on any atom is -0.145 e. The lowest BCUT2D eigenvalue weighted by Gasteiger charge is -2.18. The first-order valence-electron chi connectivity index (χ1n) is 3.30. The Morgan fingerprint density at radius 2 is 1.91 bits per heavy atom. The van der Waals surface area contributed by atoms with Crippen molar-refractivity contribution in [1.82, 2.24) is 0 Å². The molecule has 0 aliphatic carbocycles. The molecule has 0 N–H and O–H groups in total. The zero-order valence-electron chi connectivity index (χ0n) is 6.13. The maximum atomic E-state index is 6.14. The van der Waals surface area contributed by atoms with Crippen LogP contribution in [0.1, 0.15) is 0 Å². The third-order valence-corrected chi connectivity index (χ3v) is 7.21. The molecule has 0 aromatic rings. The summed E-state index contributed by atoms with van der Waals surface area (Å²) in [6.07, 6.45) is 2.00. The maximum Gasteiger partial charge on any atom is 0.0968 e. The molecule has 0 bridgehead atoms. The van der Waals surface area contributed by atoms with Crippen molar-refractivity contribution in [1.29, 1.82) is 0 Å². The van der Waals surface area contributed by atoms with Crippen LogP contribution in [0, 0.1) is 0 Å². The van der Waals surface area contributed by atoms with E-state index < -0.39 is 0 Å². The first-order valence-corrected chi connectivity index (χ1v) is 7.55. The molecule has 0 amide bonds. The molecular formula is C6H10Cl2S3. The number of halogens is 2. The lowest BCUT2D eigenvalue weighted by atomic mass is 10.5. The minimum atomic E-state index is 0.0553. The molecule has 1 heterocycles. The quantitative estimate of drug-likeness (QED) is 0.704. The van der Waals surface area contributed by atoms with E-state index in [2.05, 4.69) is 0 Å². The number of alkyl halides is 2. The Kier molecular flexibility index (Phi) is 5.24. The lowest BCUT2D eigenvalue weighted by Crippen LogP contribution is -2.20. The summed E-state index contributed by atoms with van der Waals surface area (Å²) in [5.41, 5.74) is 0. The number of hydrogen-bond donors (Lipinski definition) is 0. The largest absolute Gasteiger partial charge is 0.145 e. The van der Waals surface area contributed by atoms with Crippen LogP contribution >= 0.6 is 58.5 Å². The Bertz CT molecular complexity index is 116. The Morgan fingerprint density at radius 1 is 1.36 bits per heavy atom. The van der Waals surface area contributed by atoms with Crippen LogP contribution in [0.4, 0.5) is 0 Å². The fraction of sp³-hybridized carbons (Fsp3) is 1.00. The van der Waals surface area contributed by atoms with Crippen molar-refractivity contribution >= 4 is 58.5 Å². The molecule has 0 saturated carbocycles. The highest BCUT2D eigenvalue weighted by molar-refractivity contribution is 8.20. The standard InChI is InChI=1S/C6H10Cl2S3/c1-9-5(8)4(7)6-10-2-3-11-6/h4-6H,2-3H2,1H3. The Morgan fingerprint density at radius 3 is 2.36 bits per heavy atom. The maximum absolute atomic E-state index is 6.14. The van der Waals surface area contributed by atoms with Crippen molar-refractivity contribution in [3.63, 3.8) is 0 Å². The molecule has 66 valence electrons. The molecule has 1 saturated heterocycles. The van der Waals surface area contributed by atoms with Crippen molar-refractivity contribution in [3.05, 3.63) is 0 Å². The molecule has 0 spiro atoms. The molecule has 1 aliphatic rings. The summed E-state index contributed by atoms with van der Waals surface area (Å²) in [7, 11) is 0. The second kappa shape index (κ2) is 5.38. The van der Waals surface area contributed by atoms with Crippen LogP contribution in [0.2, 0.25) is 0 Å². The summed E-state index contributed by atoms with van der Waals surface area (Å²) < 4.78 is 0.561. The van der Waals surface area contributed by atoms with Crippen molar-refractivity contribution in [3.8, 4) is 0 Å². The Labute approximate surface area is 90.5 Å². The van der Waals surface area contributed by atoms with Gasteiger partial charge in [0.25, 0.3) is 0 Å². The molecule has 0 aromatic carbocycles. The summed E-state index contributed by atoms with van der Waals surface area (Å²) in [4.78, 5) is 0. The highest BCUT2D eigenvalue weighted by atomic mass is 35.5. The van der Waals surface area contributed by atoms with Crippen LogP contribution in [0.25, 0.3) is 0 Å². The minimum absolute atomic E-state index is 0.0553. The van der Waals surface area contributed by atoms with Gasteiger partial charge in [-0.2, -0.15) is 0 Å². The lowest BCUT2D eigenvalue weighted by molar-refractivity contribution is 1.04. The van der Waals surface area contributed by atoms with E-state index in [1.165, 1.54) is 11.5 Å². The highest BCUT2D eigenvalue weighted by Gasteiger charge is 2.29. The van der Waals surface area contributed by atoms with Crippen molar-refractivity contribution in [2.75, 3.05) is 17.8 Å². The van der Waals surface area contributed by atoms with Crippen molar-refractivity contribution in [2.45, 2.75) is 14.7 Å². The van der Waals surface area contributed by atoms with E-state index in [9.17, 15) is 0 Å². The summed E-state index contributed by atoms with van der Waals surface area (Å²) in [5.74, 6) is 2.44. The van der Waals surface area contributed by atoms with Crippen LogP contribution in [0.15, 0.2) is 0 Å². The van der Waals surface area contributed by atoms with Crippen LogP contribution in [0.5, 0.6) is 0 Å². The van der Waals surface area contributed by atoms with Crippen LogP contribution in [-0.2, 0) is 0 Å². The first-order chi connectivity index (χ1) is 5.25. The van der Waals surface area contributed by atoms with E-state index in [4.69, 9.17) is 23.2 Å². The molecule has 11 heavy (non-hydrogen) atoms. The fourth-order valence-electron chi connectivity index (χ4n) is 0.814. The normalized spacial score (nSPS) is 25.4. The second-order valence-electron chi connectivity index (χ2n) is 2.14. The summed E-state index contributed by atoms with van der Waals surface area (Å²) in [6, 6.07) is 0. The molecule has 0 aromatic heterocycles. The molecule has 2 atom stereocenters. The molecule has 5 heteroatoms. The highest BCUT2D eigenvalue weighted by Crippen LogP contribution is 2.40. The molecule has 1 aliphatic heterocycles. The van der Waals surface area contributed by atoms with Crippen LogP contribution < -0.4 is 0 Å². The molecular weight excluding hydrogens is 239 g/mol. The average Bonchev–Trinajstić information content (AvgIpc) is 2.53. The zero-order chi connectivity index (χ0) is 8.27. The summed E-state index contributed by atoms with van der Waals surface area (Å²) in [6.45, 7) is 0. The summed E-state index contributed by atoms with van der Waals surface area (Å²) in [5, 5.41) is 0.101. The van der Waals surface area contributed by atoms with Gasteiger partial charge in [0.05, 0.1) is 14.7 Å². The van der Waals surface area contributed by atoms with Gasteiger partial charge in [-0.15, -0.1) is 58.5 Å². The van der Waals surface area contributed by atoms with Gasteiger partial charge in [-0.3, -0.25) is 0 Å². The topological polar surface area (TPSA) is 0 Å². The Balaban J connectivity index is 2.32. The SMILES string of the molecule is CSC(Cl)C(Cl)C1SCCS1.